The molecule has 0 radical (unpaired) electrons. The van der Waals surface area contributed by atoms with Gasteiger partial charge >= 0.3 is 12.4 Å². The van der Waals surface area contributed by atoms with E-state index in [0.29, 0.717) is 25.2 Å². The van der Waals surface area contributed by atoms with Crippen molar-refractivity contribution in [3.63, 3.8) is 0 Å². The van der Waals surface area contributed by atoms with E-state index in [4.69, 9.17) is 14.2 Å². The Bertz CT molecular complexity index is 958. The molecule has 3 heterocycles. The third-order valence-electron chi connectivity index (χ3n) is 5.70. The molecule has 0 saturated carbocycles. The van der Waals surface area contributed by atoms with Crippen molar-refractivity contribution in [2.75, 3.05) is 24.7 Å². The van der Waals surface area contributed by atoms with E-state index < -0.39 is 29.8 Å². The van der Waals surface area contributed by atoms with Gasteiger partial charge in [-0.25, -0.2) is 4.98 Å². The first kappa shape index (κ1) is 23.6. The number of rotatable bonds is 4. The van der Waals surface area contributed by atoms with Crippen molar-refractivity contribution in [2.45, 2.75) is 50.6 Å². The predicted molar refractivity (Wildman–Crippen MR) is 106 cm³/mol. The van der Waals surface area contributed by atoms with Gasteiger partial charge in [0.15, 0.2) is 6.29 Å². The van der Waals surface area contributed by atoms with Crippen LogP contribution in [-0.4, -0.2) is 36.9 Å². The van der Waals surface area contributed by atoms with E-state index in [1.165, 1.54) is 12.1 Å². The van der Waals surface area contributed by atoms with Gasteiger partial charge < -0.3 is 19.1 Å². The van der Waals surface area contributed by atoms with Crippen LogP contribution in [0.1, 0.15) is 42.7 Å². The van der Waals surface area contributed by atoms with Gasteiger partial charge in [0.2, 0.25) is 0 Å². The van der Waals surface area contributed by atoms with Gasteiger partial charge in [-0.1, -0.05) is 0 Å². The third-order valence-corrected chi connectivity index (χ3v) is 5.70. The summed E-state index contributed by atoms with van der Waals surface area (Å²) in [7, 11) is 0. The average Bonchev–Trinajstić information content (AvgIpc) is 3.27. The van der Waals surface area contributed by atoms with Crippen molar-refractivity contribution in [3.8, 4) is 5.75 Å². The molecular weight excluding hydrogens is 454 g/mol. The maximum absolute atomic E-state index is 13.2. The highest BCUT2D eigenvalue weighted by Crippen LogP contribution is 2.39. The Labute approximate surface area is 186 Å². The Balaban J connectivity index is 1.47. The van der Waals surface area contributed by atoms with Gasteiger partial charge in [0.25, 0.3) is 0 Å². The number of benzene rings is 1. The number of anilines is 1. The second-order valence-electron chi connectivity index (χ2n) is 8.03. The summed E-state index contributed by atoms with van der Waals surface area (Å²) < 4.78 is 94.8. The first-order valence-corrected chi connectivity index (χ1v) is 10.4. The largest absolute Gasteiger partial charge is 0.490 e. The van der Waals surface area contributed by atoms with E-state index in [1.807, 2.05) is 11.8 Å². The number of ether oxygens (including phenoxy) is 3. The highest BCUT2D eigenvalue weighted by molar-refractivity contribution is 5.42. The number of pyridine rings is 1. The number of aromatic nitrogens is 1. The summed E-state index contributed by atoms with van der Waals surface area (Å²) in [5.74, 6) is 0.685. The Morgan fingerprint density at radius 1 is 0.970 bits per heavy atom. The molecule has 0 spiro atoms. The van der Waals surface area contributed by atoms with E-state index in [9.17, 15) is 26.3 Å². The van der Waals surface area contributed by atoms with Crippen LogP contribution < -0.4 is 9.64 Å². The molecule has 180 valence electrons. The van der Waals surface area contributed by atoms with Crippen LogP contribution in [0.15, 0.2) is 36.5 Å². The maximum atomic E-state index is 13.2. The molecule has 0 aliphatic carbocycles. The van der Waals surface area contributed by atoms with Gasteiger partial charge in [-0.05, 0) is 37.3 Å². The molecule has 0 bridgehead atoms. The number of piperidine rings is 1. The summed E-state index contributed by atoms with van der Waals surface area (Å²) in [6.45, 7) is 2.91. The minimum absolute atomic E-state index is 0.107. The molecule has 4 rings (SSSR count). The smallest absolute Gasteiger partial charge is 0.417 e. The molecular formula is C22H22F6N2O3. The highest BCUT2D eigenvalue weighted by atomic mass is 19.4. The molecule has 2 saturated heterocycles. The van der Waals surface area contributed by atoms with Crippen molar-refractivity contribution >= 4 is 5.82 Å². The number of hydrogen-bond acceptors (Lipinski definition) is 5. The lowest BCUT2D eigenvalue weighted by Gasteiger charge is -2.38. The molecule has 0 unspecified atom stereocenters. The topological polar surface area (TPSA) is 43.8 Å². The van der Waals surface area contributed by atoms with Crippen molar-refractivity contribution < 1.29 is 40.6 Å². The molecule has 5 nitrogen and oxygen atoms in total. The SMILES string of the molecule is C[C@@H]1C[C@H](Oc2ccc(C(F)(F)F)cc2C2OCCO2)CCN1c1ccc(C(F)(F)F)cn1. The molecule has 1 aromatic heterocycles. The Hall–Kier alpha value is -2.53. The molecule has 0 N–H and O–H groups in total. The lowest BCUT2D eigenvalue weighted by molar-refractivity contribution is -0.138. The molecule has 2 aliphatic rings. The fourth-order valence-corrected chi connectivity index (χ4v) is 4.03. The summed E-state index contributed by atoms with van der Waals surface area (Å²) in [5, 5.41) is 0. The minimum atomic E-state index is -4.51. The van der Waals surface area contributed by atoms with Crippen LogP contribution in [0.5, 0.6) is 5.75 Å². The lowest BCUT2D eigenvalue weighted by atomic mass is 10.00. The minimum Gasteiger partial charge on any atom is -0.490 e. The van der Waals surface area contributed by atoms with E-state index >= 15 is 0 Å². The molecule has 11 heteroatoms. The van der Waals surface area contributed by atoms with Crippen molar-refractivity contribution in [2.24, 2.45) is 0 Å². The summed E-state index contributed by atoms with van der Waals surface area (Å²) >= 11 is 0. The quantitative estimate of drug-likeness (QED) is 0.538. The fourth-order valence-electron chi connectivity index (χ4n) is 4.03. The lowest BCUT2D eigenvalue weighted by Crippen LogP contribution is -2.45. The number of hydrogen-bond donors (Lipinski definition) is 0. The van der Waals surface area contributed by atoms with Crippen molar-refractivity contribution in [1.29, 1.82) is 0 Å². The van der Waals surface area contributed by atoms with Crippen molar-refractivity contribution in [3.05, 3.63) is 53.2 Å². The number of halogens is 6. The monoisotopic (exact) mass is 476 g/mol. The normalized spacial score (nSPS) is 22.6. The zero-order valence-electron chi connectivity index (χ0n) is 17.6. The maximum Gasteiger partial charge on any atom is 0.417 e. The van der Waals surface area contributed by atoms with Crippen LogP contribution >= 0.6 is 0 Å². The zero-order chi connectivity index (χ0) is 23.8. The summed E-state index contributed by atoms with van der Waals surface area (Å²) in [6, 6.07) is 5.44. The molecule has 2 aliphatic heterocycles. The van der Waals surface area contributed by atoms with Crippen LogP contribution in [-0.2, 0) is 21.8 Å². The Morgan fingerprint density at radius 2 is 1.64 bits per heavy atom. The van der Waals surface area contributed by atoms with E-state index in [2.05, 4.69) is 4.98 Å². The summed E-state index contributed by atoms with van der Waals surface area (Å²) in [4.78, 5) is 5.84. The van der Waals surface area contributed by atoms with E-state index in [0.717, 1.165) is 24.4 Å². The molecule has 33 heavy (non-hydrogen) atoms. The first-order chi connectivity index (χ1) is 15.5. The molecule has 2 aromatic rings. The highest BCUT2D eigenvalue weighted by Gasteiger charge is 2.35. The fraction of sp³-hybridized carbons (Fsp3) is 0.500. The van der Waals surface area contributed by atoms with Crippen LogP contribution in [0.4, 0.5) is 32.2 Å². The summed E-state index contributed by atoms with van der Waals surface area (Å²) in [6.07, 6.45) is -8.38. The van der Waals surface area contributed by atoms with Gasteiger partial charge in [0.1, 0.15) is 17.7 Å². The van der Waals surface area contributed by atoms with Gasteiger partial charge in [-0.2, -0.15) is 26.3 Å². The van der Waals surface area contributed by atoms with Crippen LogP contribution in [0, 0.1) is 0 Å². The standard InChI is InChI=1S/C22H22F6N2O3/c1-13-10-16(6-7-30(13)19-5-3-15(12-29-19)22(26,27)28)33-18-4-2-14(21(23,24)25)11-17(18)20-31-8-9-32-20/h2-5,11-13,16,20H,6-10H2,1H3/t13-,16-/m1/s1. The van der Waals surface area contributed by atoms with Crippen LogP contribution in [0.2, 0.25) is 0 Å². The number of alkyl halides is 6. The second-order valence-corrected chi connectivity index (χ2v) is 8.03. The van der Waals surface area contributed by atoms with Gasteiger partial charge in [0.05, 0.1) is 29.9 Å². The molecule has 1 aromatic carbocycles. The zero-order valence-corrected chi connectivity index (χ0v) is 17.6. The third kappa shape index (κ3) is 5.35. The van der Waals surface area contributed by atoms with Crippen LogP contribution in [0.3, 0.4) is 0 Å². The van der Waals surface area contributed by atoms with Crippen molar-refractivity contribution in [1.82, 2.24) is 4.98 Å². The van der Waals surface area contributed by atoms with Gasteiger partial charge in [-0.3, -0.25) is 0 Å². The average molecular weight is 476 g/mol. The second kappa shape index (κ2) is 9.02. The Kier molecular flexibility index (Phi) is 6.45. The van der Waals surface area contributed by atoms with E-state index in [1.54, 1.807) is 0 Å². The van der Waals surface area contributed by atoms with Gasteiger partial charge in [0, 0.05) is 31.6 Å². The summed E-state index contributed by atoms with van der Waals surface area (Å²) in [5.41, 5.74) is -1.45. The Morgan fingerprint density at radius 3 is 2.21 bits per heavy atom. The predicted octanol–water partition coefficient (Wildman–Crippen LogP) is 5.60. The molecule has 2 fully saturated rings. The first-order valence-electron chi connectivity index (χ1n) is 10.4. The molecule has 2 atom stereocenters. The molecule has 0 amide bonds. The van der Waals surface area contributed by atoms with Crippen LogP contribution in [0.25, 0.3) is 0 Å². The number of nitrogens with zero attached hydrogens (tertiary/aromatic N) is 2. The van der Waals surface area contributed by atoms with Gasteiger partial charge in [-0.15, -0.1) is 0 Å². The van der Waals surface area contributed by atoms with E-state index in [-0.39, 0.29) is 36.7 Å².